The zero-order chi connectivity index (χ0) is 14.3. The van der Waals surface area contributed by atoms with Crippen LogP contribution < -0.4 is 15.2 Å². The Hall–Kier alpha value is -1.30. The van der Waals surface area contributed by atoms with E-state index in [0.29, 0.717) is 13.2 Å². The number of hydrogen-bond acceptors (Lipinski definition) is 5. The Kier molecular flexibility index (Phi) is 6.62. The lowest BCUT2D eigenvalue weighted by Crippen LogP contribution is -2.33. The molecular weight excluding hydrogens is 244 g/mol. The van der Waals surface area contributed by atoms with Crippen molar-refractivity contribution < 1.29 is 14.2 Å². The molecule has 1 rings (SSSR count). The molecule has 1 atom stereocenters. The van der Waals surface area contributed by atoms with Gasteiger partial charge in [-0.25, -0.2) is 0 Å². The topological polar surface area (TPSA) is 57.0 Å². The Balaban J connectivity index is 2.96. The average molecular weight is 268 g/mol. The molecule has 2 N–H and O–H groups in total. The third kappa shape index (κ3) is 4.38. The van der Waals surface area contributed by atoms with Crippen molar-refractivity contribution in [2.45, 2.75) is 6.04 Å². The van der Waals surface area contributed by atoms with Gasteiger partial charge in [0.05, 0.1) is 20.8 Å². The SMILES string of the molecule is COCCN(C)C(CN)c1cc(OC)cc(OC)c1. The molecule has 0 fully saturated rings. The Morgan fingerprint density at radius 2 is 1.68 bits per heavy atom. The summed E-state index contributed by atoms with van der Waals surface area (Å²) in [5.41, 5.74) is 6.98. The van der Waals surface area contributed by atoms with Gasteiger partial charge in [0.2, 0.25) is 0 Å². The second kappa shape index (κ2) is 7.99. The summed E-state index contributed by atoms with van der Waals surface area (Å²) in [4.78, 5) is 2.16. The van der Waals surface area contributed by atoms with E-state index >= 15 is 0 Å². The van der Waals surface area contributed by atoms with Gasteiger partial charge in [0.25, 0.3) is 0 Å². The van der Waals surface area contributed by atoms with E-state index in [0.717, 1.165) is 23.6 Å². The van der Waals surface area contributed by atoms with Gasteiger partial charge in [0.1, 0.15) is 11.5 Å². The summed E-state index contributed by atoms with van der Waals surface area (Å²) in [5.74, 6) is 1.54. The molecule has 0 spiro atoms. The first-order chi connectivity index (χ1) is 9.15. The van der Waals surface area contributed by atoms with Crippen molar-refractivity contribution in [3.05, 3.63) is 23.8 Å². The second-order valence-corrected chi connectivity index (χ2v) is 4.37. The van der Waals surface area contributed by atoms with Crippen LogP contribution in [0.2, 0.25) is 0 Å². The summed E-state index contributed by atoms with van der Waals surface area (Å²) in [6.07, 6.45) is 0. The molecule has 19 heavy (non-hydrogen) atoms. The van der Waals surface area contributed by atoms with Gasteiger partial charge in [-0.3, -0.25) is 4.90 Å². The molecule has 0 heterocycles. The number of rotatable bonds is 8. The van der Waals surface area contributed by atoms with Crippen molar-refractivity contribution in [2.24, 2.45) is 5.73 Å². The number of nitrogens with two attached hydrogens (primary N) is 1. The minimum Gasteiger partial charge on any atom is -0.497 e. The van der Waals surface area contributed by atoms with Crippen molar-refractivity contribution in [1.82, 2.24) is 4.90 Å². The van der Waals surface area contributed by atoms with Crippen LogP contribution in [0.15, 0.2) is 18.2 Å². The summed E-state index contributed by atoms with van der Waals surface area (Å²) < 4.78 is 15.7. The van der Waals surface area contributed by atoms with Crippen LogP contribution in [0.3, 0.4) is 0 Å². The first kappa shape index (κ1) is 15.8. The molecule has 0 radical (unpaired) electrons. The quantitative estimate of drug-likeness (QED) is 0.769. The minimum atomic E-state index is 0.110. The summed E-state index contributed by atoms with van der Waals surface area (Å²) in [6.45, 7) is 2.02. The highest BCUT2D eigenvalue weighted by molar-refractivity contribution is 5.40. The molecule has 0 saturated heterocycles. The monoisotopic (exact) mass is 268 g/mol. The summed E-state index contributed by atoms with van der Waals surface area (Å²) >= 11 is 0. The third-order valence-electron chi connectivity index (χ3n) is 3.16. The fraction of sp³-hybridized carbons (Fsp3) is 0.571. The van der Waals surface area contributed by atoms with Crippen molar-refractivity contribution in [2.75, 3.05) is 48.1 Å². The van der Waals surface area contributed by atoms with E-state index in [2.05, 4.69) is 4.90 Å². The van der Waals surface area contributed by atoms with Gasteiger partial charge < -0.3 is 19.9 Å². The van der Waals surface area contributed by atoms with E-state index in [1.54, 1.807) is 21.3 Å². The van der Waals surface area contributed by atoms with Crippen molar-refractivity contribution >= 4 is 0 Å². The molecule has 1 aromatic rings. The van der Waals surface area contributed by atoms with Crippen LogP contribution in [0.1, 0.15) is 11.6 Å². The number of hydrogen-bond donors (Lipinski definition) is 1. The van der Waals surface area contributed by atoms with Gasteiger partial charge in [0.15, 0.2) is 0 Å². The Bertz CT molecular complexity index is 363. The van der Waals surface area contributed by atoms with Gasteiger partial charge >= 0.3 is 0 Å². The summed E-state index contributed by atoms with van der Waals surface area (Å²) in [7, 11) is 7.01. The van der Waals surface area contributed by atoms with Crippen LogP contribution in [0.5, 0.6) is 11.5 Å². The number of methoxy groups -OCH3 is 3. The highest BCUT2D eigenvalue weighted by Crippen LogP contribution is 2.28. The number of likely N-dealkylation sites (N-methyl/N-ethyl adjacent to an activating group) is 1. The maximum absolute atomic E-state index is 5.90. The molecule has 0 saturated carbocycles. The van der Waals surface area contributed by atoms with Gasteiger partial charge in [-0.1, -0.05) is 0 Å². The van der Waals surface area contributed by atoms with Crippen LogP contribution in [0.4, 0.5) is 0 Å². The van der Waals surface area contributed by atoms with Crippen LogP contribution in [0, 0.1) is 0 Å². The molecule has 0 aliphatic rings. The maximum Gasteiger partial charge on any atom is 0.122 e. The van der Waals surface area contributed by atoms with Crippen LogP contribution in [0.25, 0.3) is 0 Å². The van der Waals surface area contributed by atoms with Crippen molar-refractivity contribution in [3.8, 4) is 11.5 Å². The first-order valence-corrected chi connectivity index (χ1v) is 6.28. The predicted octanol–water partition coefficient (Wildman–Crippen LogP) is 1.28. The highest BCUT2D eigenvalue weighted by Gasteiger charge is 2.17. The average Bonchev–Trinajstić information content (AvgIpc) is 2.45. The lowest BCUT2D eigenvalue weighted by molar-refractivity contribution is 0.140. The van der Waals surface area contributed by atoms with E-state index in [1.165, 1.54) is 0 Å². The van der Waals surface area contributed by atoms with Gasteiger partial charge in [-0.15, -0.1) is 0 Å². The molecule has 0 aromatic heterocycles. The molecule has 5 nitrogen and oxygen atoms in total. The maximum atomic E-state index is 5.90. The van der Waals surface area contributed by atoms with Crippen LogP contribution in [-0.2, 0) is 4.74 Å². The first-order valence-electron chi connectivity index (χ1n) is 6.28. The number of ether oxygens (including phenoxy) is 3. The Labute approximate surface area is 115 Å². The molecule has 1 aromatic carbocycles. The molecule has 1 unspecified atom stereocenters. The fourth-order valence-electron chi connectivity index (χ4n) is 1.98. The molecule has 0 aliphatic carbocycles. The Morgan fingerprint density at radius 1 is 1.11 bits per heavy atom. The van der Waals surface area contributed by atoms with E-state index in [9.17, 15) is 0 Å². The summed E-state index contributed by atoms with van der Waals surface area (Å²) in [5, 5.41) is 0. The van der Waals surface area contributed by atoms with Gasteiger partial charge in [0, 0.05) is 32.3 Å². The van der Waals surface area contributed by atoms with Crippen molar-refractivity contribution in [1.29, 1.82) is 0 Å². The smallest absolute Gasteiger partial charge is 0.122 e. The normalized spacial score (nSPS) is 12.5. The minimum absolute atomic E-state index is 0.110. The largest absolute Gasteiger partial charge is 0.497 e. The molecule has 0 amide bonds. The lowest BCUT2D eigenvalue weighted by atomic mass is 10.0. The second-order valence-electron chi connectivity index (χ2n) is 4.37. The number of benzene rings is 1. The van der Waals surface area contributed by atoms with Gasteiger partial charge in [-0.2, -0.15) is 0 Å². The number of nitrogens with zero attached hydrogens (tertiary/aromatic N) is 1. The van der Waals surface area contributed by atoms with Crippen LogP contribution in [-0.4, -0.2) is 53.0 Å². The fourth-order valence-corrected chi connectivity index (χ4v) is 1.98. The lowest BCUT2D eigenvalue weighted by Gasteiger charge is -2.27. The van der Waals surface area contributed by atoms with Gasteiger partial charge in [-0.05, 0) is 24.7 Å². The van der Waals surface area contributed by atoms with Crippen molar-refractivity contribution in [3.63, 3.8) is 0 Å². The van der Waals surface area contributed by atoms with E-state index in [-0.39, 0.29) is 6.04 Å². The zero-order valence-corrected chi connectivity index (χ0v) is 12.2. The molecule has 0 bridgehead atoms. The van der Waals surface area contributed by atoms with E-state index < -0.39 is 0 Å². The zero-order valence-electron chi connectivity index (χ0n) is 12.2. The predicted molar refractivity (Wildman–Crippen MR) is 75.8 cm³/mol. The van der Waals surface area contributed by atoms with E-state index in [4.69, 9.17) is 19.9 Å². The molecule has 108 valence electrons. The highest BCUT2D eigenvalue weighted by atomic mass is 16.5. The van der Waals surface area contributed by atoms with Crippen LogP contribution >= 0.6 is 0 Å². The molecule has 0 aliphatic heterocycles. The van der Waals surface area contributed by atoms with E-state index in [1.807, 2.05) is 25.2 Å². The molecule has 5 heteroatoms. The summed E-state index contributed by atoms with van der Waals surface area (Å²) in [6, 6.07) is 5.94. The third-order valence-corrected chi connectivity index (χ3v) is 3.16. The molecular formula is C14H24N2O3. The Morgan fingerprint density at radius 3 is 2.11 bits per heavy atom. The standard InChI is InChI=1S/C14H24N2O3/c1-16(5-6-17-2)14(10-15)11-7-12(18-3)9-13(8-11)19-4/h7-9,14H,5-6,10,15H2,1-4H3.